The number of azo groups is 1. The van der Waals surface area contributed by atoms with Crippen LogP contribution in [0.3, 0.4) is 0 Å². The van der Waals surface area contributed by atoms with E-state index in [1.807, 2.05) is 0 Å². The van der Waals surface area contributed by atoms with Gasteiger partial charge in [-0.1, -0.05) is 18.2 Å². The van der Waals surface area contributed by atoms with Gasteiger partial charge < -0.3 is 9.84 Å². The third-order valence-corrected chi connectivity index (χ3v) is 4.65. The number of para-hydroxylation sites is 1. The van der Waals surface area contributed by atoms with E-state index in [1.54, 1.807) is 37.3 Å². The molecule has 2 aromatic rings. The van der Waals surface area contributed by atoms with E-state index in [-0.39, 0.29) is 23.0 Å². The van der Waals surface area contributed by atoms with Crippen molar-refractivity contribution < 1.29 is 23.1 Å². The number of anilines is 1. The quantitative estimate of drug-likeness (QED) is 0.322. The molecule has 0 aliphatic carbocycles. The molecule has 0 heterocycles. The first-order valence-electron chi connectivity index (χ1n) is 8.00. The molecule has 0 fully saturated rings. The number of benzene rings is 2. The molecule has 0 radical (unpaired) electrons. The number of nitrogens with one attached hydrogen (secondary N) is 1. The maximum absolute atomic E-state index is 12.4. The van der Waals surface area contributed by atoms with Crippen molar-refractivity contribution >= 4 is 27.4 Å². The Morgan fingerprint density at radius 2 is 1.74 bits per heavy atom. The second-order valence-electron chi connectivity index (χ2n) is 5.32. The van der Waals surface area contributed by atoms with Crippen LogP contribution in [0.2, 0.25) is 0 Å². The molecule has 0 saturated heterocycles. The van der Waals surface area contributed by atoms with Crippen LogP contribution < -0.4 is 4.72 Å². The van der Waals surface area contributed by atoms with Gasteiger partial charge in [0.25, 0.3) is 10.0 Å². The number of sulfonamides is 1. The zero-order valence-electron chi connectivity index (χ0n) is 14.8. The van der Waals surface area contributed by atoms with Crippen LogP contribution in [-0.4, -0.2) is 26.1 Å². The number of esters is 1. The molecule has 27 heavy (non-hydrogen) atoms. The van der Waals surface area contributed by atoms with E-state index in [9.17, 15) is 18.3 Å². The molecule has 0 unspecified atom stereocenters. The summed E-state index contributed by atoms with van der Waals surface area (Å²) in [4.78, 5) is 11.7. The summed E-state index contributed by atoms with van der Waals surface area (Å²) in [6.45, 7) is 3.05. The normalized spacial score (nSPS) is 12.5. The summed E-state index contributed by atoms with van der Waals surface area (Å²) in [6, 6.07) is 14.1. The predicted molar refractivity (Wildman–Crippen MR) is 100 cm³/mol. The first kappa shape index (κ1) is 20.1. The average Bonchev–Trinajstić information content (AvgIpc) is 2.63. The van der Waals surface area contributed by atoms with Gasteiger partial charge in [-0.2, -0.15) is 5.11 Å². The Bertz CT molecular complexity index is 948. The zero-order valence-corrected chi connectivity index (χ0v) is 15.6. The van der Waals surface area contributed by atoms with Crippen molar-refractivity contribution in [3.63, 3.8) is 0 Å². The van der Waals surface area contributed by atoms with Crippen molar-refractivity contribution in [2.24, 2.45) is 10.2 Å². The van der Waals surface area contributed by atoms with Gasteiger partial charge in [-0.25, -0.2) is 13.2 Å². The van der Waals surface area contributed by atoms with Crippen molar-refractivity contribution in [3.8, 4) is 0 Å². The molecule has 0 atom stereocenters. The summed E-state index contributed by atoms with van der Waals surface area (Å²) in [5.74, 6) is -1.13. The highest BCUT2D eigenvalue weighted by molar-refractivity contribution is 7.92. The largest absolute Gasteiger partial charge is 0.510 e. The van der Waals surface area contributed by atoms with Crippen LogP contribution in [0.25, 0.3) is 0 Å². The summed E-state index contributed by atoms with van der Waals surface area (Å²) >= 11 is 0. The second kappa shape index (κ2) is 8.95. The predicted octanol–water partition coefficient (Wildman–Crippen LogP) is 3.92. The maximum atomic E-state index is 12.4. The highest BCUT2D eigenvalue weighted by Gasteiger charge is 2.15. The lowest BCUT2D eigenvalue weighted by atomic mass is 10.3. The molecule has 2 aromatic carbocycles. The summed E-state index contributed by atoms with van der Waals surface area (Å²) in [7, 11) is -3.74. The smallest absolute Gasteiger partial charge is 0.362 e. The number of hydrogen-bond acceptors (Lipinski definition) is 7. The van der Waals surface area contributed by atoms with E-state index in [0.717, 1.165) is 0 Å². The van der Waals surface area contributed by atoms with Gasteiger partial charge in [-0.15, -0.1) is 5.11 Å². The van der Waals surface area contributed by atoms with Crippen LogP contribution in [0.4, 0.5) is 11.4 Å². The molecule has 9 heteroatoms. The third kappa shape index (κ3) is 5.65. The summed E-state index contributed by atoms with van der Waals surface area (Å²) in [6.07, 6.45) is 0. The van der Waals surface area contributed by atoms with Gasteiger partial charge in [0, 0.05) is 5.69 Å². The summed E-state index contributed by atoms with van der Waals surface area (Å²) < 4.78 is 32.0. The number of aliphatic hydroxyl groups excluding tert-OH is 1. The van der Waals surface area contributed by atoms with E-state index < -0.39 is 16.0 Å². The van der Waals surface area contributed by atoms with Crippen molar-refractivity contribution in [1.29, 1.82) is 0 Å². The minimum atomic E-state index is -3.74. The van der Waals surface area contributed by atoms with E-state index in [4.69, 9.17) is 4.74 Å². The van der Waals surface area contributed by atoms with Crippen molar-refractivity contribution in [1.82, 2.24) is 0 Å². The maximum Gasteiger partial charge on any atom is 0.362 e. The van der Waals surface area contributed by atoms with E-state index in [2.05, 4.69) is 15.0 Å². The summed E-state index contributed by atoms with van der Waals surface area (Å²) in [5.41, 5.74) is 0.430. The molecular formula is C18H19N3O5S. The molecule has 0 amide bonds. The Labute approximate surface area is 157 Å². The number of carbonyl (C=O) groups excluding carboxylic acids is 1. The third-order valence-electron chi connectivity index (χ3n) is 3.25. The molecule has 0 saturated carbocycles. The van der Waals surface area contributed by atoms with Gasteiger partial charge in [0.15, 0.2) is 0 Å². The number of rotatable bonds is 7. The molecule has 0 bridgehead atoms. The number of nitrogens with zero attached hydrogens (tertiary/aromatic N) is 2. The van der Waals surface area contributed by atoms with Crippen molar-refractivity contribution in [2.75, 3.05) is 11.3 Å². The molecule has 2 rings (SSSR count). The molecule has 2 N–H and O–H groups in total. The Hall–Kier alpha value is -3.20. The Morgan fingerprint density at radius 1 is 1.11 bits per heavy atom. The van der Waals surface area contributed by atoms with Gasteiger partial charge in [0.2, 0.25) is 5.70 Å². The van der Waals surface area contributed by atoms with Crippen LogP contribution in [0.5, 0.6) is 0 Å². The number of hydrogen-bond donors (Lipinski definition) is 2. The lowest BCUT2D eigenvalue weighted by molar-refractivity contribution is -0.138. The van der Waals surface area contributed by atoms with Crippen LogP contribution in [0, 0.1) is 0 Å². The molecule has 0 aliphatic rings. The van der Waals surface area contributed by atoms with Crippen LogP contribution in [0.15, 0.2) is 81.2 Å². The fourth-order valence-electron chi connectivity index (χ4n) is 1.98. The molecule has 0 spiro atoms. The fourth-order valence-corrected chi connectivity index (χ4v) is 3.04. The van der Waals surface area contributed by atoms with Gasteiger partial charge in [0.05, 0.1) is 17.2 Å². The van der Waals surface area contributed by atoms with Gasteiger partial charge in [-0.3, -0.25) is 4.72 Å². The van der Waals surface area contributed by atoms with E-state index in [0.29, 0.717) is 11.4 Å². The van der Waals surface area contributed by atoms with E-state index >= 15 is 0 Å². The fraction of sp³-hybridized carbons (Fsp3) is 0.167. The molecule has 0 aliphatic heterocycles. The van der Waals surface area contributed by atoms with Crippen molar-refractivity contribution in [3.05, 3.63) is 66.1 Å². The molecule has 0 aromatic heterocycles. The summed E-state index contributed by atoms with van der Waals surface area (Å²) in [5, 5.41) is 17.0. The Kier molecular flexibility index (Phi) is 6.67. The highest BCUT2D eigenvalue weighted by Crippen LogP contribution is 2.21. The molecule has 8 nitrogen and oxygen atoms in total. The van der Waals surface area contributed by atoms with E-state index in [1.165, 1.54) is 31.2 Å². The standard InChI is InChI=1S/C18H19N3O5S/c1-3-26-18(23)17(13(2)22)20-19-14-9-11-16(12-10-14)27(24,25)21-15-7-5-4-6-8-15/h4-12,21-22H,3H2,1-2H3/b17-13-,20-19?. The lowest BCUT2D eigenvalue weighted by Crippen LogP contribution is -2.12. The van der Waals surface area contributed by atoms with Crippen molar-refractivity contribution in [2.45, 2.75) is 18.7 Å². The number of allylic oxidation sites excluding steroid dienone is 1. The SMILES string of the molecule is CCOC(=O)/C(N=Nc1ccc(S(=O)(=O)Nc2ccccc2)cc1)=C(\C)O. The van der Waals surface area contributed by atoms with Crippen LogP contribution in [-0.2, 0) is 19.6 Å². The Morgan fingerprint density at radius 3 is 2.30 bits per heavy atom. The van der Waals surface area contributed by atoms with Gasteiger partial charge >= 0.3 is 5.97 Å². The minimum Gasteiger partial charge on any atom is -0.510 e. The monoisotopic (exact) mass is 389 g/mol. The van der Waals surface area contributed by atoms with Gasteiger partial charge in [0.1, 0.15) is 5.76 Å². The van der Waals surface area contributed by atoms with Crippen LogP contribution in [0.1, 0.15) is 13.8 Å². The van der Waals surface area contributed by atoms with Gasteiger partial charge in [-0.05, 0) is 50.2 Å². The number of ether oxygens (including phenoxy) is 1. The number of carbonyl (C=O) groups is 1. The first-order valence-corrected chi connectivity index (χ1v) is 9.48. The average molecular weight is 389 g/mol. The minimum absolute atomic E-state index is 0.0461. The molecule has 142 valence electrons. The van der Waals surface area contributed by atoms with Crippen LogP contribution >= 0.6 is 0 Å². The first-order chi connectivity index (χ1) is 12.8. The highest BCUT2D eigenvalue weighted by atomic mass is 32.2. The topological polar surface area (TPSA) is 117 Å². The Balaban J connectivity index is 2.17. The molecular weight excluding hydrogens is 370 g/mol. The number of aliphatic hydroxyl groups is 1. The zero-order chi connectivity index (χ0) is 19.9. The lowest BCUT2D eigenvalue weighted by Gasteiger charge is -2.07. The second-order valence-corrected chi connectivity index (χ2v) is 7.00.